The normalized spacial score (nSPS) is 20.9. The van der Waals surface area contributed by atoms with Crippen molar-refractivity contribution in [3.05, 3.63) is 53.7 Å². The van der Waals surface area contributed by atoms with E-state index in [9.17, 15) is 18.0 Å². The second-order valence-electron chi connectivity index (χ2n) is 9.76. The second-order valence-corrected chi connectivity index (χ2v) is 12.0. The molecule has 2 aliphatic heterocycles. The van der Waals surface area contributed by atoms with E-state index in [1.165, 1.54) is 25.7 Å². The first kappa shape index (κ1) is 27.3. The molecule has 2 aromatic heterocycles. The number of ether oxygens (including phenoxy) is 1. The third-order valence-electron chi connectivity index (χ3n) is 7.53. The van der Waals surface area contributed by atoms with E-state index in [1.807, 2.05) is 6.07 Å². The standard InChI is InChI=1S/C28H29F3N4O3Se/c1-34-19-8-11-21(23(34)12-9-19)33-20-6-4-14-35-24(20)15-17(26(35)39-28(29,30)31)5-3-13-32-22-10-7-18(27(36)37)16-25(22)38-2/h4,6-7,10,14-16,19,21,23,32-33H,8-9,11-13H2,1-2H3,(H,36,37)/t19-,21-,23-/m1/s1. The molecule has 0 spiro atoms. The van der Waals surface area contributed by atoms with Gasteiger partial charge in [-0.1, -0.05) is 0 Å². The number of hydrogen-bond acceptors (Lipinski definition) is 5. The van der Waals surface area contributed by atoms with E-state index in [0.717, 1.165) is 24.9 Å². The summed E-state index contributed by atoms with van der Waals surface area (Å²) in [5.74, 6) is 5.13. The van der Waals surface area contributed by atoms with Crippen molar-refractivity contribution in [1.82, 2.24) is 9.30 Å². The van der Waals surface area contributed by atoms with Crippen LogP contribution in [0.3, 0.4) is 0 Å². The zero-order valence-electron chi connectivity index (χ0n) is 21.5. The Kier molecular flexibility index (Phi) is 7.72. The van der Waals surface area contributed by atoms with E-state index >= 15 is 0 Å². The number of hydrogen-bond donors (Lipinski definition) is 3. The van der Waals surface area contributed by atoms with Crippen LogP contribution in [0.1, 0.15) is 41.6 Å². The van der Waals surface area contributed by atoms with E-state index in [0.29, 0.717) is 34.6 Å². The van der Waals surface area contributed by atoms with E-state index in [2.05, 4.69) is 34.4 Å². The number of rotatable bonds is 7. The van der Waals surface area contributed by atoms with Crippen molar-refractivity contribution in [2.24, 2.45) is 0 Å². The Morgan fingerprint density at radius 3 is 2.72 bits per heavy atom. The van der Waals surface area contributed by atoms with Crippen molar-refractivity contribution in [3.63, 3.8) is 0 Å². The number of carboxylic acids is 1. The van der Waals surface area contributed by atoms with Crippen molar-refractivity contribution >= 4 is 42.4 Å². The van der Waals surface area contributed by atoms with E-state index in [4.69, 9.17) is 9.84 Å². The van der Waals surface area contributed by atoms with Gasteiger partial charge in [0.25, 0.3) is 0 Å². The number of benzene rings is 1. The molecule has 2 saturated heterocycles. The van der Waals surface area contributed by atoms with Crippen molar-refractivity contribution in [2.75, 3.05) is 31.3 Å². The molecule has 2 aliphatic rings. The molecule has 206 valence electrons. The third kappa shape index (κ3) is 5.83. The number of methoxy groups -OCH3 is 1. The molecule has 0 radical (unpaired) electrons. The molecule has 2 fully saturated rings. The quantitative estimate of drug-likeness (QED) is 0.280. The van der Waals surface area contributed by atoms with Gasteiger partial charge in [0.2, 0.25) is 0 Å². The number of aromatic carboxylic acids is 1. The van der Waals surface area contributed by atoms with Crippen molar-refractivity contribution < 1.29 is 27.8 Å². The van der Waals surface area contributed by atoms with Crippen LogP contribution in [0.5, 0.6) is 5.75 Å². The predicted molar refractivity (Wildman–Crippen MR) is 145 cm³/mol. The van der Waals surface area contributed by atoms with Gasteiger partial charge < -0.3 is 0 Å². The average molecular weight is 606 g/mol. The molecule has 11 heteroatoms. The molecule has 39 heavy (non-hydrogen) atoms. The molecule has 0 amide bonds. The number of carbonyl (C=O) groups is 1. The minimum absolute atomic E-state index is 0.0834. The molecule has 4 heterocycles. The molecular formula is C28H29F3N4O3Se. The molecule has 5 rings (SSSR count). The number of piperidine rings is 1. The summed E-state index contributed by atoms with van der Waals surface area (Å²) < 4.78 is 47.8. The van der Waals surface area contributed by atoms with Crippen molar-refractivity contribution in [3.8, 4) is 17.6 Å². The number of carboxylic acid groups (broad SMARTS) is 1. The van der Waals surface area contributed by atoms with Gasteiger partial charge in [0, 0.05) is 0 Å². The maximum absolute atomic E-state index is 13.6. The van der Waals surface area contributed by atoms with Crippen LogP contribution in [0.25, 0.3) is 5.52 Å². The number of aromatic nitrogens is 1. The number of fused-ring (bicyclic) bond motifs is 3. The zero-order chi connectivity index (χ0) is 27.7. The average Bonchev–Trinajstić information content (AvgIpc) is 3.34. The zero-order valence-corrected chi connectivity index (χ0v) is 23.2. The van der Waals surface area contributed by atoms with Gasteiger partial charge in [0.15, 0.2) is 0 Å². The Morgan fingerprint density at radius 1 is 1.18 bits per heavy atom. The summed E-state index contributed by atoms with van der Waals surface area (Å²) in [5.41, 5.74) is 2.47. The van der Waals surface area contributed by atoms with Crippen LogP contribution in [-0.2, 0) is 0 Å². The van der Waals surface area contributed by atoms with Crippen LogP contribution in [0.2, 0.25) is 0 Å². The van der Waals surface area contributed by atoms with Crippen LogP contribution in [0.15, 0.2) is 42.6 Å². The Morgan fingerprint density at radius 2 is 1.97 bits per heavy atom. The number of nitrogens with zero attached hydrogens (tertiary/aromatic N) is 2. The summed E-state index contributed by atoms with van der Waals surface area (Å²) in [6.07, 6.45) is 6.14. The van der Waals surface area contributed by atoms with E-state index in [1.54, 1.807) is 28.8 Å². The summed E-state index contributed by atoms with van der Waals surface area (Å²) >= 11 is -1.78. The van der Waals surface area contributed by atoms with Crippen LogP contribution < -0.4 is 20.0 Å². The summed E-state index contributed by atoms with van der Waals surface area (Å²) in [7, 11) is 3.59. The predicted octanol–water partition coefficient (Wildman–Crippen LogP) is 4.00. The molecule has 0 aliphatic carbocycles. The molecule has 2 bridgehead atoms. The molecular weight excluding hydrogens is 576 g/mol. The molecule has 7 nitrogen and oxygen atoms in total. The van der Waals surface area contributed by atoms with Crippen LogP contribution in [0.4, 0.5) is 24.5 Å². The SMILES string of the molecule is COc1cc(C(=O)O)ccc1NCC#Cc1cc2c(N[C@@H]3CC[C@@H]4CC[C@H]3N4C)cccn2c1[Se]C(F)(F)F. The van der Waals surface area contributed by atoms with Crippen LogP contribution >= 0.6 is 0 Å². The Balaban J connectivity index is 1.41. The molecule has 3 atom stereocenters. The third-order valence-corrected chi connectivity index (χ3v) is 9.29. The summed E-state index contributed by atoms with van der Waals surface area (Å²) in [6.45, 7) is 0.135. The van der Waals surface area contributed by atoms with Crippen molar-refractivity contribution in [1.29, 1.82) is 0 Å². The van der Waals surface area contributed by atoms with Gasteiger partial charge in [-0.25, -0.2) is 0 Å². The first-order valence-electron chi connectivity index (χ1n) is 12.7. The minimum atomic E-state index is -4.33. The topological polar surface area (TPSA) is 78.2 Å². The monoisotopic (exact) mass is 606 g/mol. The number of nitrogens with one attached hydrogen (secondary N) is 2. The van der Waals surface area contributed by atoms with Crippen molar-refractivity contribution in [2.45, 2.75) is 48.9 Å². The van der Waals surface area contributed by atoms with Gasteiger partial charge in [-0.3, -0.25) is 0 Å². The number of alkyl halides is 3. The van der Waals surface area contributed by atoms with Crippen LogP contribution in [0, 0.1) is 11.8 Å². The van der Waals surface area contributed by atoms with Gasteiger partial charge in [0.1, 0.15) is 0 Å². The second kappa shape index (κ2) is 11.0. The number of halogens is 3. The van der Waals surface area contributed by atoms with E-state index in [-0.39, 0.29) is 22.7 Å². The van der Waals surface area contributed by atoms with Gasteiger partial charge >= 0.3 is 231 Å². The summed E-state index contributed by atoms with van der Waals surface area (Å²) in [6, 6.07) is 11.1. The van der Waals surface area contributed by atoms with E-state index < -0.39 is 26.0 Å². The molecule has 3 N–H and O–H groups in total. The first-order chi connectivity index (χ1) is 18.6. The fourth-order valence-electron chi connectivity index (χ4n) is 5.65. The summed E-state index contributed by atoms with van der Waals surface area (Å²) in [5, 5.41) is 11.5. The molecule has 0 unspecified atom stereocenters. The molecule has 1 aromatic carbocycles. The van der Waals surface area contributed by atoms with Gasteiger partial charge in [-0.2, -0.15) is 0 Å². The maximum atomic E-state index is 13.6. The molecule has 0 saturated carbocycles. The van der Waals surface area contributed by atoms with Gasteiger partial charge in [0.05, 0.1) is 0 Å². The number of pyridine rings is 1. The Hall–Kier alpha value is -3.32. The van der Waals surface area contributed by atoms with Crippen LogP contribution in [-0.4, -0.2) is 79.2 Å². The summed E-state index contributed by atoms with van der Waals surface area (Å²) in [4.78, 5) is 13.6. The number of likely N-dealkylation sites (N-methyl/N-ethyl adjacent to an activating group) is 1. The first-order valence-corrected chi connectivity index (χ1v) is 14.4. The van der Waals surface area contributed by atoms with Gasteiger partial charge in [-0.05, 0) is 0 Å². The van der Waals surface area contributed by atoms with Gasteiger partial charge in [-0.15, -0.1) is 0 Å². The molecule has 3 aromatic rings. The fraction of sp³-hybridized carbons (Fsp3) is 0.393. The number of anilines is 2. The Labute approximate surface area is 230 Å². The fourth-order valence-corrected chi connectivity index (χ4v) is 7.12. The Bertz CT molecular complexity index is 1450.